The highest BCUT2D eigenvalue weighted by atomic mass is 79.9. The van der Waals surface area contributed by atoms with Crippen LogP contribution < -0.4 is 10.0 Å². The van der Waals surface area contributed by atoms with Crippen LogP contribution in [0.5, 0.6) is 0 Å². The summed E-state index contributed by atoms with van der Waals surface area (Å²) in [4.78, 5) is 15.8. The molecule has 0 saturated heterocycles. The third-order valence-corrected chi connectivity index (χ3v) is 4.94. The Labute approximate surface area is 143 Å². The maximum Gasteiger partial charge on any atom is 0.240 e. The second-order valence-electron chi connectivity index (χ2n) is 4.74. The molecule has 0 fully saturated rings. The summed E-state index contributed by atoms with van der Waals surface area (Å²) < 4.78 is 27.2. The Morgan fingerprint density at radius 2 is 1.91 bits per heavy atom. The number of nitrogens with one attached hydrogen (secondary N) is 2. The van der Waals surface area contributed by atoms with Gasteiger partial charge in [-0.3, -0.25) is 9.78 Å². The summed E-state index contributed by atoms with van der Waals surface area (Å²) in [5, 5.41) is 2.73. The van der Waals surface area contributed by atoms with Crippen LogP contribution in [0.1, 0.15) is 12.0 Å². The van der Waals surface area contributed by atoms with Gasteiger partial charge in [0.05, 0.1) is 4.90 Å². The van der Waals surface area contributed by atoms with E-state index in [1.54, 1.807) is 36.7 Å². The van der Waals surface area contributed by atoms with Gasteiger partial charge < -0.3 is 5.32 Å². The number of carbonyl (C=O) groups is 1. The van der Waals surface area contributed by atoms with Gasteiger partial charge >= 0.3 is 0 Å². The predicted octanol–water partition coefficient (Wildman–Crippen LogP) is 1.83. The first kappa shape index (κ1) is 17.6. The molecular formula is C15H16BrN3O3S. The number of carbonyl (C=O) groups excluding carboxylic acids is 1. The fourth-order valence-corrected chi connectivity index (χ4v) is 3.43. The van der Waals surface area contributed by atoms with Crippen molar-refractivity contribution in [3.63, 3.8) is 0 Å². The summed E-state index contributed by atoms with van der Waals surface area (Å²) in [6.45, 7) is 0.427. The Kier molecular flexibility index (Phi) is 6.26. The summed E-state index contributed by atoms with van der Waals surface area (Å²) in [5.74, 6) is -0.223. The van der Waals surface area contributed by atoms with Gasteiger partial charge in [0, 0.05) is 36.4 Å². The van der Waals surface area contributed by atoms with E-state index < -0.39 is 10.0 Å². The van der Waals surface area contributed by atoms with Crippen LogP contribution in [-0.2, 0) is 21.4 Å². The average molecular weight is 398 g/mol. The molecule has 0 radical (unpaired) electrons. The molecule has 0 aliphatic heterocycles. The number of amides is 1. The van der Waals surface area contributed by atoms with Gasteiger partial charge in [-0.25, -0.2) is 13.1 Å². The molecule has 0 unspecified atom stereocenters. The van der Waals surface area contributed by atoms with Crippen LogP contribution in [-0.4, -0.2) is 25.9 Å². The summed E-state index contributed by atoms with van der Waals surface area (Å²) in [6, 6.07) is 9.99. The second-order valence-corrected chi connectivity index (χ2v) is 7.42. The highest BCUT2D eigenvalue weighted by Gasteiger charge is 2.14. The Bertz CT molecular complexity index is 767. The van der Waals surface area contributed by atoms with Crippen molar-refractivity contribution in [2.75, 3.05) is 6.54 Å². The van der Waals surface area contributed by atoms with Crippen LogP contribution >= 0.6 is 15.9 Å². The zero-order valence-corrected chi connectivity index (χ0v) is 14.6. The van der Waals surface area contributed by atoms with Gasteiger partial charge in [-0.15, -0.1) is 0 Å². The number of pyridine rings is 1. The van der Waals surface area contributed by atoms with Gasteiger partial charge in [-0.1, -0.05) is 22.0 Å². The van der Waals surface area contributed by atoms with Gasteiger partial charge in [-0.2, -0.15) is 0 Å². The maximum absolute atomic E-state index is 12.1. The van der Waals surface area contributed by atoms with Crippen LogP contribution in [0.25, 0.3) is 0 Å². The fourth-order valence-electron chi connectivity index (χ4n) is 1.81. The van der Waals surface area contributed by atoms with E-state index in [0.717, 1.165) is 5.56 Å². The molecule has 122 valence electrons. The minimum absolute atomic E-state index is 0.0387. The van der Waals surface area contributed by atoms with E-state index in [-0.39, 0.29) is 23.8 Å². The lowest BCUT2D eigenvalue weighted by molar-refractivity contribution is -0.121. The molecule has 2 aromatic rings. The average Bonchev–Trinajstić information content (AvgIpc) is 2.54. The van der Waals surface area contributed by atoms with Crippen LogP contribution in [0.3, 0.4) is 0 Å². The van der Waals surface area contributed by atoms with E-state index >= 15 is 0 Å². The number of hydrogen-bond acceptors (Lipinski definition) is 4. The van der Waals surface area contributed by atoms with Crippen molar-refractivity contribution in [3.8, 4) is 0 Å². The number of aromatic nitrogens is 1. The van der Waals surface area contributed by atoms with Gasteiger partial charge in [0.15, 0.2) is 0 Å². The molecule has 0 aliphatic rings. The molecule has 8 heteroatoms. The SMILES string of the molecule is O=C(CCNS(=O)(=O)c1cccc(Br)c1)NCc1ccncc1. The van der Waals surface area contributed by atoms with Crippen LogP contribution in [0, 0.1) is 0 Å². The predicted molar refractivity (Wildman–Crippen MR) is 90.0 cm³/mol. The first-order chi connectivity index (χ1) is 11.0. The Hall–Kier alpha value is -1.77. The minimum atomic E-state index is -3.61. The summed E-state index contributed by atoms with van der Waals surface area (Å²) in [6.07, 6.45) is 3.36. The summed E-state index contributed by atoms with van der Waals surface area (Å²) in [7, 11) is -3.61. The van der Waals surface area contributed by atoms with Crippen molar-refractivity contribution < 1.29 is 13.2 Å². The normalized spacial score (nSPS) is 11.2. The van der Waals surface area contributed by atoms with E-state index in [4.69, 9.17) is 0 Å². The molecule has 0 bridgehead atoms. The standard InChI is InChI=1S/C15H16BrN3O3S/c16-13-2-1-3-14(10-13)23(21,22)19-9-6-15(20)18-11-12-4-7-17-8-5-12/h1-5,7-8,10,19H,6,9,11H2,(H,18,20). The van der Waals surface area contributed by atoms with Crippen molar-refractivity contribution in [1.29, 1.82) is 0 Å². The second kappa shape index (κ2) is 8.19. The molecular weight excluding hydrogens is 382 g/mol. The molecule has 2 N–H and O–H groups in total. The third-order valence-electron chi connectivity index (χ3n) is 2.99. The van der Waals surface area contributed by atoms with Crippen LogP contribution in [0.2, 0.25) is 0 Å². The van der Waals surface area contributed by atoms with Crippen molar-refractivity contribution in [3.05, 3.63) is 58.8 Å². The molecule has 6 nitrogen and oxygen atoms in total. The topological polar surface area (TPSA) is 88.2 Å². The molecule has 0 saturated carbocycles. The van der Waals surface area contributed by atoms with Crippen molar-refractivity contribution in [2.24, 2.45) is 0 Å². The Morgan fingerprint density at radius 3 is 2.61 bits per heavy atom. The van der Waals surface area contributed by atoms with E-state index in [9.17, 15) is 13.2 Å². The largest absolute Gasteiger partial charge is 0.352 e. The number of hydrogen-bond donors (Lipinski definition) is 2. The molecule has 0 spiro atoms. The van der Waals surface area contributed by atoms with Crippen LogP contribution in [0.15, 0.2) is 58.2 Å². The Morgan fingerprint density at radius 1 is 1.17 bits per heavy atom. The molecule has 0 atom stereocenters. The zero-order chi connectivity index (χ0) is 16.7. The molecule has 1 aromatic carbocycles. The minimum Gasteiger partial charge on any atom is -0.352 e. The maximum atomic E-state index is 12.1. The smallest absolute Gasteiger partial charge is 0.240 e. The lowest BCUT2D eigenvalue weighted by Crippen LogP contribution is -2.30. The van der Waals surface area contributed by atoms with Crippen molar-refractivity contribution >= 4 is 31.9 Å². The zero-order valence-electron chi connectivity index (χ0n) is 12.2. The van der Waals surface area contributed by atoms with E-state index in [0.29, 0.717) is 11.0 Å². The van der Waals surface area contributed by atoms with Gasteiger partial charge in [0.25, 0.3) is 0 Å². The first-order valence-electron chi connectivity index (χ1n) is 6.88. The van der Waals surface area contributed by atoms with Gasteiger partial charge in [0.1, 0.15) is 0 Å². The highest BCUT2D eigenvalue weighted by molar-refractivity contribution is 9.10. The molecule has 0 aliphatic carbocycles. The molecule has 2 rings (SSSR count). The van der Waals surface area contributed by atoms with Gasteiger partial charge in [-0.05, 0) is 35.9 Å². The number of rotatable bonds is 7. The molecule has 1 amide bonds. The van der Waals surface area contributed by atoms with Crippen molar-refractivity contribution in [2.45, 2.75) is 17.9 Å². The Balaban J connectivity index is 1.79. The first-order valence-corrected chi connectivity index (χ1v) is 9.16. The number of benzene rings is 1. The fraction of sp³-hybridized carbons (Fsp3) is 0.200. The third kappa shape index (κ3) is 5.74. The van der Waals surface area contributed by atoms with Crippen molar-refractivity contribution in [1.82, 2.24) is 15.0 Å². The van der Waals surface area contributed by atoms with Gasteiger partial charge in [0.2, 0.25) is 15.9 Å². The monoisotopic (exact) mass is 397 g/mol. The summed E-state index contributed by atoms with van der Waals surface area (Å²) in [5.41, 5.74) is 0.933. The molecule has 1 aromatic heterocycles. The van der Waals surface area contributed by atoms with E-state index in [1.165, 1.54) is 12.1 Å². The number of halogens is 1. The quantitative estimate of drug-likeness (QED) is 0.745. The van der Waals surface area contributed by atoms with Crippen LogP contribution in [0.4, 0.5) is 0 Å². The molecule has 23 heavy (non-hydrogen) atoms. The van der Waals surface area contributed by atoms with E-state index in [2.05, 4.69) is 31.0 Å². The summed E-state index contributed by atoms with van der Waals surface area (Å²) >= 11 is 3.23. The number of nitrogens with zero attached hydrogens (tertiary/aromatic N) is 1. The lowest BCUT2D eigenvalue weighted by Gasteiger charge is -2.08. The number of sulfonamides is 1. The van der Waals surface area contributed by atoms with E-state index in [1.807, 2.05) is 0 Å². The highest BCUT2D eigenvalue weighted by Crippen LogP contribution is 2.15. The lowest BCUT2D eigenvalue weighted by atomic mass is 10.2. The molecule has 1 heterocycles.